The van der Waals surface area contributed by atoms with E-state index in [-0.39, 0.29) is 11.4 Å². The Morgan fingerprint density at radius 1 is 1.07 bits per heavy atom. The smallest absolute Gasteiger partial charge is 0.253 e. The molecule has 1 amide bonds. The van der Waals surface area contributed by atoms with Crippen LogP contribution in [0.4, 0.5) is 0 Å². The summed E-state index contributed by atoms with van der Waals surface area (Å²) in [5.74, 6) is 0.184. The van der Waals surface area contributed by atoms with Crippen LogP contribution >= 0.6 is 0 Å². The highest BCUT2D eigenvalue weighted by Gasteiger charge is 2.48. The monoisotopic (exact) mass is 364 g/mol. The fourth-order valence-corrected chi connectivity index (χ4v) is 5.16. The van der Waals surface area contributed by atoms with Gasteiger partial charge in [-0.3, -0.25) is 9.69 Å². The molecule has 142 valence electrons. The van der Waals surface area contributed by atoms with Gasteiger partial charge >= 0.3 is 0 Å². The van der Waals surface area contributed by atoms with Gasteiger partial charge in [0, 0.05) is 43.9 Å². The minimum atomic E-state index is 0.184. The number of fused-ring (bicyclic) bond motifs is 1. The molecule has 0 radical (unpaired) electrons. The third kappa shape index (κ3) is 3.15. The van der Waals surface area contributed by atoms with Crippen molar-refractivity contribution >= 4 is 16.7 Å². The number of benzene rings is 2. The lowest BCUT2D eigenvalue weighted by atomic mass is 9.77. The van der Waals surface area contributed by atoms with Crippen molar-refractivity contribution in [2.75, 3.05) is 32.8 Å². The van der Waals surface area contributed by atoms with Crippen LogP contribution in [0.2, 0.25) is 0 Å². The molecule has 0 unspecified atom stereocenters. The van der Waals surface area contributed by atoms with E-state index in [0.29, 0.717) is 6.10 Å². The fraction of sp³-hybridized carbons (Fsp3) is 0.522. The van der Waals surface area contributed by atoms with Crippen LogP contribution in [-0.2, 0) is 4.74 Å². The van der Waals surface area contributed by atoms with Gasteiger partial charge in [0.15, 0.2) is 0 Å². The second-order valence-electron chi connectivity index (χ2n) is 8.45. The molecule has 3 heterocycles. The molecule has 2 aromatic carbocycles. The van der Waals surface area contributed by atoms with Crippen LogP contribution in [0.15, 0.2) is 42.5 Å². The first-order chi connectivity index (χ1) is 13.2. The molecule has 4 nitrogen and oxygen atoms in total. The molecule has 0 N–H and O–H groups in total. The number of nitrogens with zero attached hydrogens (tertiary/aromatic N) is 2. The van der Waals surface area contributed by atoms with E-state index in [1.807, 2.05) is 24.3 Å². The van der Waals surface area contributed by atoms with E-state index in [4.69, 9.17) is 4.74 Å². The van der Waals surface area contributed by atoms with Crippen molar-refractivity contribution in [2.24, 2.45) is 0 Å². The standard InChI is InChI=1S/C23H28N2O2/c26-22(20-9-8-18-5-1-2-6-19(18)15-20)24-12-4-10-23(17-24)11-13-25(23)16-21-7-3-14-27-21/h1-2,5-6,8-9,15,21H,3-4,7,10-14,16-17H2/t21-,23-/m1/s1. The molecule has 3 saturated heterocycles. The van der Waals surface area contributed by atoms with E-state index < -0.39 is 0 Å². The van der Waals surface area contributed by atoms with Crippen molar-refractivity contribution in [1.29, 1.82) is 0 Å². The van der Waals surface area contributed by atoms with Crippen molar-refractivity contribution in [3.63, 3.8) is 0 Å². The Hall–Kier alpha value is -1.91. The Kier molecular flexibility index (Phi) is 4.41. The van der Waals surface area contributed by atoms with Crippen LogP contribution in [0.3, 0.4) is 0 Å². The summed E-state index contributed by atoms with van der Waals surface area (Å²) in [7, 11) is 0. The first kappa shape index (κ1) is 17.2. The van der Waals surface area contributed by atoms with Gasteiger partial charge in [-0.15, -0.1) is 0 Å². The lowest BCUT2D eigenvalue weighted by molar-refractivity contribution is -0.0806. The third-order valence-electron chi connectivity index (χ3n) is 6.80. The third-order valence-corrected chi connectivity index (χ3v) is 6.80. The molecule has 2 aromatic rings. The van der Waals surface area contributed by atoms with Gasteiger partial charge in [-0.25, -0.2) is 0 Å². The van der Waals surface area contributed by atoms with Crippen LogP contribution in [-0.4, -0.2) is 60.1 Å². The summed E-state index contributed by atoms with van der Waals surface area (Å²) >= 11 is 0. The number of carbonyl (C=O) groups is 1. The maximum Gasteiger partial charge on any atom is 0.253 e. The largest absolute Gasteiger partial charge is 0.377 e. The van der Waals surface area contributed by atoms with E-state index in [0.717, 1.165) is 50.2 Å². The van der Waals surface area contributed by atoms with E-state index in [1.54, 1.807) is 0 Å². The minimum Gasteiger partial charge on any atom is -0.377 e. The molecule has 3 aliphatic rings. The van der Waals surface area contributed by atoms with Gasteiger partial charge in [-0.2, -0.15) is 0 Å². The molecule has 0 aromatic heterocycles. The Bertz CT molecular complexity index is 845. The molecule has 1 spiro atoms. The Morgan fingerprint density at radius 2 is 1.96 bits per heavy atom. The average molecular weight is 364 g/mol. The second-order valence-corrected chi connectivity index (χ2v) is 8.45. The summed E-state index contributed by atoms with van der Waals surface area (Å²) in [6.45, 7) is 4.85. The van der Waals surface area contributed by atoms with Crippen LogP contribution in [0.1, 0.15) is 42.5 Å². The molecule has 0 bridgehead atoms. The highest BCUT2D eigenvalue weighted by atomic mass is 16.5. The summed E-state index contributed by atoms with van der Waals surface area (Å²) in [4.78, 5) is 17.9. The lowest BCUT2D eigenvalue weighted by Crippen LogP contribution is -2.68. The van der Waals surface area contributed by atoms with Crippen molar-refractivity contribution in [3.05, 3.63) is 48.0 Å². The van der Waals surface area contributed by atoms with Crippen molar-refractivity contribution < 1.29 is 9.53 Å². The first-order valence-corrected chi connectivity index (χ1v) is 10.4. The Morgan fingerprint density at radius 3 is 2.74 bits per heavy atom. The summed E-state index contributed by atoms with van der Waals surface area (Å²) in [5, 5.41) is 2.32. The number of hydrogen-bond donors (Lipinski definition) is 0. The van der Waals surface area contributed by atoms with E-state index >= 15 is 0 Å². The summed E-state index contributed by atoms with van der Waals surface area (Å²) in [5.41, 5.74) is 1.01. The SMILES string of the molecule is O=C(c1ccc2ccccc2c1)N1CCC[C@@]2(CCN2C[C@H]2CCCO2)C1. The van der Waals surface area contributed by atoms with Gasteiger partial charge in [-0.05, 0) is 55.0 Å². The van der Waals surface area contributed by atoms with Crippen molar-refractivity contribution in [1.82, 2.24) is 9.80 Å². The average Bonchev–Trinajstić information content (AvgIpc) is 3.24. The predicted octanol–water partition coefficient (Wildman–Crippen LogP) is 3.70. The van der Waals surface area contributed by atoms with Gasteiger partial charge in [-0.1, -0.05) is 30.3 Å². The summed E-state index contributed by atoms with van der Waals surface area (Å²) in [6.07, 6.45) is 6.29. The van der Waals surface area contributed by atoms with E-state index in [9.17, 15) is 4.79 Å². The normalized spacial score (nSPS) is 28.6. The summed E-state index contributed by atoms with van der Waals surface area (Å²) < 4.78 is 5.86. The molecule has 3 fully saturated rings. The maximum absolute atomic E-state index is 13.2. The zero-order chi connectivity index (χ0) is 18.3. The zero-order valence-electron chi connectivity index (χ0n) is 15.9. The van der Waals surface area contributed by atoms with E-state index in [2.05, 4.69) is 28.0 Å². The number of rotatable bonds is 3. The molecule has 5 rings (SSSR count). The minimum absolute atomic E-state index is 0.184. The van der Waals surface area contributed by atoms with Crippen molar-refractivity contribution in [3.8, 4) is 0 Å². The van der Waals surface area contributed by atoms with Gasteiger partial charge < -0.3 is 9.64 Å². The van der Waals surface area contributed by atoms with Gasteiger partial charge in [0.05, 0.1) is 6.10 Å². The van der Waals surface area contributed by atoms with Gasteiger partial charge in [0.25, 0.3) is 5.91 Å². The molecule has 0 saturated carbocycles. The number of likely N-dealkylation sites (tertiary alicyclic amines) is 2. The molecule has 0 aliphatic carbocycles. The quantitative estimate of drug-likeness (QED) is 0.833. The first-order valence-electron chi connectivity index (χ1n) is 10.4. The molecule has 4 heteroatoms. The maximum atomic E-state index is 13.2. The molecular formula is C23H28N2O2. The Balaban J connectivity index is 1.31. The van der Waals surface area contributed by atoms with Crippen molar-refractivity contribution in [2.45, 2.75) is 43.7 Å². The topological polar surface area (TPSA) is 32.8 Å². The number of piperidine rings is 1. The van der Waals surface area contributed by atoms with Crippen LogP contribution in [0.5, 0.6) is 0 Å². The second kappa shape index (κ2) is 6.92. The molecule has 27 heavy (non-hydrogen) atoms. The van der Waals surface area contributed by atoms with Crippen LogP contribution in [0.25, 0.3) is 10.8 Å². The highest BCUT2D eigenvalue weighted by molar-refractivity contribution is 5.98. The predicted molar refractivity (Wildman–Crippen MR) is 107 cm³/mol. The van der Waals surface area contributed by atoms with Crippen LogP contribution in [0, 0.1) is 0 Å². The Labute approximate surface area is 161 Å². The van der Waals surface area contributed by atoms with E-state index in [1.165, 1.54) is 31.1 Å². The fourth-order valence-electron chi connectivity index (χ4n) is 5.16. The molecular weight excluding hydrogens is 336 g/mol. The number of hydrogen-bond acceptors (Lipinski definition) is 3. The van der Waals surface area contributed by atoms with Crippen LogP contribution < -0.4 is 0 Å². The number of ether oxygens (including phenoxy) is 1. The lowest BCUT2D eigenvalue weighted by Gasteiger charge is -2.57. The summed E-state index contributed by atoms with van der Waals surface area (Å²) in [6, 6.07) is 14.3. The zero-order valence-corrected chi connectivity index (χ0v) is 15.9. The number of amides is 1. The highest BCUT2D eigenvalue weighted by Crippen LogP contribution is 2.39. The molecule has 3 aliphatic heterocycles. The molecule has 2 atom stereocenters. The van der Waals surface area contributed by atoms with Gasteiger partial charge in [0.1, 0.15) is 0 Å². The number of carbonyl (C=O) groups excluding carboxylic acids is 1. The van der Waals surface area contributed by atoms with Gasteiger partial charge in [0.2, 0.25) is 0 Å².